The Morgan fingerprint density at radius 1 is 1.27 bits per heavy atom. The molecule has 26 heavy (non-hydrogen) atoms. The lowest BCUT2D eigenvalue weighted by molar-refractivity contribution is 0.0950. The summed E-state index contributed by atoms with van der Waals surface area (Å²) in [5.41, 5.74) is 6.41. The molecule has 0 saturated carbocycles. The van der Waals surface area contributed by atoms with Crippen LogP contribution in [0.2, 0.25) is 0 Å². The second-order valence-corrected chi connectivity index (χ2v) is 6.58. The maximum absolute atomic E-state index is 12.2. The highest BCUT2D eigenvalue weighted by Gasteiger charge is 2.11. The number of nitrogens with zero attached hydrogens (tertiary/aromatic N) is 2. The molecular weight excluding hydrogens is 328 g/mol. The number of hydrazone groups is 1. The standard InChI is InChI=1S/C20H22N4O2/c1-13(2)11-15-6-8-16(9-7-15)17-12-18(23-22-17)20(25)24-21-14(3)19-5-4-10-26-19/h4-10,12-13H,11H2,1-3H3,(H,22,23)(H,24,25). The fourth-order valence-corrected chi connectivity index (χ4v) is 2.60. The molecule has 6 heteroatoms. The number of amides is 1. The first-order valence-electron chi connectivity index (χ1n) is 8.56. The van der Waals surface area contributed by atoms with Crippen LogP contribution in [0.3, 0.4) is 0 Å². The third kappa shape index (κ3) is 4.27. The molecule has 134 valence electrons. The monoisotopic (exact) mass is 350 g/mol. The number of rotatable bonds is 6. The number of carbonyl (C=O) groups excluding carboxylic acids is 1. The van der Waals surface area contributed by atoms with Crippen LogP contribution in [0.1, 0.15) is 42.6 Å². The second kappa shape index (κ2) is 7.82. The molecule has 0 aliphatic carbocycles. The normalized spacial score (nSPS) is 11.8. The van der Waals surface area contributed by atoms with Crippen LogP contribution in [-0.4, -0.2) is 21.8 Å². The van der Waals surface area contributed by atoms with Crippen LogP contribution >= 0.6 is 0 Å². The number of hydrogen-bond acceptors (Lipinski definition) is 4. The minimum atomic E-state index is -0.355. The maximum Gasteiger partial charge on any atom is 0.289 e. The molecule has 2 N–H and O–H groups in total. The number of benzene rings is 1. The molecule has 0 unspecified atom stereocenters. The van der Waals surface area contributed by atoms with Gasteiger partial charge < -0.3 is 4.42 Å². The Balaban J connectivity index is 1.67. The number of H-pyrrole nitrogens is 1. The van der Waals surface area contributed by atoms with Gasteiger partial charge in [-0.3, -0.25) is 9.89 Å². The summed E-state index contributed by atoms with van der Waals surface area (Å²) in [4.78, 5) is 12.2. The Hall–Kier alpha value is -3.15. The smallest absolute Gasteiger partial charge is 0.289 e. The summed E-state index contributed by atoms with van der Waals surface area (Å²) in [5, 5.41) is 11.0. The summed E-state index contributed by atoms with van der Waals surface area (Å²) in [5.74, 6) is 0.870. The predicted molar refractivity (Wildman–Crippen MR) is 101 cm³/mol. The first kappa shape index (κ1) is 17.7. The molecule has 0 bridgehead atoms. The summed E-state index contributed by atoms with van der Waals surface area (Å²) in [6, 6.07) is 13.5. The predicted octanol–water partition coefficient (Wildman–Crippen LogP) is 4.02. The van der Waals surface area contributed by atoms with Crippen molar-refractivity contribution in [2.24, 2.45) is 11.0 Å². The lowest BCUT2D eigenvalue weighted by Gasteiger charge is -2.05. The molecule has 0 fully saturated rings. The fourth-order valence-electron chi connectivity index (χ4n) is 2.60. The first-order chi connectivity index (χ1) is 12.5. The molecule has 0 atom stereocenters. The molecule has 2 aromatic heterocycles. The zero-order chi connectivity index (χ0) is 18.5. The Bertz CT molecular complexity index is 890. The quantitative estimate of drug-likeness (QED) is 0.520. The van der Waals surface area contributed by atoms with Gasteiger partial charge in [0.15, 0.2) is 0 Å². The highest BCUT2D eigenvalue weighted by molar-refractivity contribution is 5.98. The number of aromatic amines is 1. The molecule has 1 aromatic carbocycles. The number of carbonyl (C=O) groups is 1. The zero-order valence-corrected chi connectivity index (χ0v) is 15.1. The first-order valence-corrected chi connectivity index (χ1v) is 8.56. The minimum Gasteiger partial charge on any atom is -0.463 e. The van der Waals surface area contributed by atoms with E-state index in [1.54, 1.807) is 31.4 Å². The fraction of sp³-hybridized carbons (Fsp3) is 0.250. The molecule has 0 radical (unpaired) electrons. The van der Waals surface area contributed by atoms with Crippen molar-refractivity contribution in [2.75, 3.05) is 0 Å². The van der Waals surface area contributed by atoms with Crippen molar-refractivity contribution in [3.05, 3.63) is 65.7 Å². The van der Waals surface area contributed by atoms with Crippen molar-refractivity contribution in [3.8, 4) is 11.3 Å². The Labute approximate surface area is 152 Å². The number of hydrogen-bond donors (Lipinski definition) is 2. The van der Waals surface area contributed by atoms with Gasteiger partial charge in [0, 0.05) is 5.56 Å². The summed E-state index contributed by atoms with van der Waals surface area (Å²) in [6.07, 6.45) is 2.60. The van der Waals surface area contributed by atoms with Gasteiger partial charge in [0.25, 0.3) is 5.91 Å². The van der Waals surface area contributed by atoms with E-state index in [0.717, 1.165) is 17.7 Å². The van der Waals surface area contributed by atoms with Gasteiger partial charge in [-0.2, -0.15) is 10.2 Å². The summed E-state index contributed by atoms with van der Waals surface area (Å²) in [6.45, 7) is 6.15. The largest absolute Gasteiger partial charge is 0.463 e. The molecule has 3 rings (SSSR count). The van der Waals surface area contributed by atoms with Crippen LogP contribution < -0.4 is 5.43 Å². The van der Waals surface area contributed by atoms with E-state index in [4.69, 9.17) is 4.42 Å². The summed E-state index contributed by atoms with van der Waals surface area (Å²) in [7, 11) is 0. The van der Waals surface area contributed by atoms with Crippen molar-refractivity contribution >= 4 is 11.6 Å². The van der Waals surface area contributed by atoms with Gasteiger partial charge in [0.2, 0.25) is 0 Å². The Morgan fingerprint density at radius 2 is 2.04 bits per heavy atom. The highest BCUT2D eigenvalue weighted by Crippen LogP contribution is 2.19. The molecule has 1 amide bonds. The van der Waals surface area contributed by atoms with Crippen molar-refractivity contribution in [1.82, 2.24) is 15.6 Å². The molecule has 6 nitrogen and oxygen atoms in total. The summed E-state index contributed by atoms with van der Waals surface area (Å²) < 4.78 is 5.23. The molecule has 0 aliphatic rings. The van der Waals surface area contributed by atoms with Crippen molar-refractivity contribution < 1.29 is 9.21 Å². The number of nitrogens with one attached hydrogen (secondary N) is 2. The highest BCUT2D eigenvalue weighted by atomic mass is 16.3. The van der Waals surface area contributed by atoms with E-state index in [9.17, 15) is 4.79 Å². The molecule has 0 aliphatic heterocycles. The van der Waals surface area contributed by atoms with Gasteiger partial charge in [0.05, 0.1) is 12.0 Å². The van der Waals surface area contributed by atoms with Gasteiger partial charge in [-0.1, -0.05) is 38.1 Å². The van der Waals surface area contributed by atoms with Gasteiger partial charge in [0.1, 0.15) is 17.2 Å². The molecule has 2 heterocycles. The van der Waals surface area contributed by atoms with E-state index < -0.39 is 0 Å². The van der Waals surface area contributed by atoms with E-state index in [2.05, 4.69) is 46.7 Å². The lowest BCUT2D eigenvalue weighted by Crippen LogP contribution is -2.19. The van der Waals surface area contributed by atoms with Gasteiger partial charge in [-0.25, -0.2) is 5.43 Å². The average Bonchev–Trinajstić information content (AvgIpc) is 3.31. The van der Waals surface area contributed by atoms with Crippen molar-refractivity contribution in [2.45, 2.75) is 27.2 Å². The van der Waals surface area contributed by atoms with Crippen LogP contribution in [-0.2, 0) is 6.42 Å². The number of furan rings is 1. The van der Waals surface area contributed by atoms with Crippen molar-refractivity contribution in [1.29, 1.82) is 0 Å². The molecule has 3 aromatic rings. The van der Waals surface area contributed by atoms with Gasteiger partial charge >= 0.3 is 0 Å². The third-order valence-corrected chi connectivity index (χ3v) is 3.92. The Morgan fingerprint density at radius 3 is 2.69 bits per heavy atom. The van der Waals surface area contributed by atoms with Crippen LogP contribution in [0.4, 0.5) is 0 Å². The zero-order valence-electron chi connectivity index (χ0n) is 15.1. The molecular formula is C20H22N4O2. The minimum absolute atomic E-state index is 0.349. The van der Waals surface area contributed by atoms with Crippen LogP contribution in [0.25, 0.3) is 11.3 Å². The van der Waals surface area contributed by atoms with Crippen LogP contribution in [0.5, 0.6) is 0 Å². The maximum atomic E-state index is 12.2. The third-order valence-electron chi connectivity index (χ3n) is 3.92. The van der Waals surface area contributed by atoms with E-state index in [-0.39, 0.29) is 5.91 Å². The van der Waals surface area contributed by atoms with E-state index in [0.29, 0.717) is 23.1 Å². The lowest BCUT2D eigenvalue weighted by atomic mass is 10.0. The average molecular weight is 350 g/mol. The Kier molecular flexibility index (Phi) is 5.31. The molecule has 0 saturated heterocycles. The second-order valence-electron chi connectivity index (χ2n) is 6.58. The SMILES string of the molecule is CC(=NNC(=O)c1cc(-c2ccc(CC(C)C)cc2)n[nH]1)c1ccco1. The molecule has 0 spiro atoms. The van der Waals surface area contributed by atoms with Gasteiger partial charge in [-0.15, -0.1) is 0 Å². The van der Waals surface area contributed by atoms with Crippen LogP contribution in [0, 0.1) is 5.92 Å². The number of aromatic nitrogens is 2. The van der Waals surface area contributed by atoms with Crippen molar-refractivity contribution in [3.63, 3.8) is 0 Å². The topological polar surface area (TPSA) is 83.3 Å². The van der Waals surface area contributed by atoms with E-state index in [1.165, 1.54) is 5.56 Å². The van der Waals surface area contributed by atoms with E-state index >= 15 is 0 Å². The van der Waals surface area contributed by atoms with E-state index in [1.807, 2.05) is 12.1 Å². The summed E-state index contributed by atoms with van der Waals surface area (Å²) >= 11 is 0. The van der Waals surface area contributed by atoms with Gasteiger partial charge in [-0.05, 0) is 43.0 Å². The van der Waals surface area contributed by atoms with Crippen LogP contribution in [0.15, 0.2) is 58.2 Å².